The molecule has 0 saturated carbocycles. The van der Waals surface area contributed by atoms with Crippen LogP contribution in [-0.4, -0.2) is 12.1 Å². The highest BCUT2D eigenvalue weighted by atomic mass is 32.1. The van der Waals surface area contributed by atoms with E-state index in [0.717, 1.165) is 22.7 Å². The zero-order valence-electron chi connectivity index (χ0n) is 16.6. The van der Waals surface area contributed by atoms with Crippen LogP contribution < -0.4 is 4.74 Å². The van der Waals surface area contributed by atoms with E-state index < -0.39 is 0 Å². The molecule has 1 aromatic heterocycles. The van der Waals surface area contributed by atoms with Gasteiger partial charge in [0.1, 0.15) is 10.8 Å². The molecular weight excluding hydrogens is 386 g/mol. The molecule has 0 N–H and O–H groups in total. The second-order valence-electron chi connectivity index (χ2n) is 7.64. The first kappa shape index (κ1) is 17.4. The van der Waals surface area contributed by atoms with Crippen LogP contribution in [-0.2, 0) is 6.42 Å². The van der Waals surface area contributed by atoms with Crippen molar-refractivity contribution in [1.29, 1.82) is 0 Å². The van der Waals surface area contributed by atoms with Gasteiger partial charge in [0, 0.05) is 5.56 Å². The molecular formula is C27H19NOS. The van der Waals surface area contributed by atoms with E-state index in [0.29, 0.717) is 0 Å². The molecule has 5 aromatic rings. The van der Waals surface area contributed by atoms with Crippen LogP contribution in [0, 0.1) is 0 Å². The molecule has 0 radical (unpaired) electrons. The van der Waals surface area contributed by atoms with Crippen LogP contribution >= 0.6 is 11.3 Å². The van der Waals surface area contributed by atoms with E-state index in [9.17, 15) is 0 Å². The predicted octanol–water partition coefficient (Wildman–Crippen LogP) is 7.21. The smallest absolute Gasteiger partial charge is 0.124 e. The van der Waals surface area contributed by atoms with Crippen molar-refractivity contribution in [1.82, 2.24) is 4.98 Å². The van der Waals surface area contributed by atoms with Crippen LogP contribution in [0.2, 0.25) is 0 Å². The van der Waals surface area contributed by atoms with Crippen molar-refractivity contribution in [3.8, 4) is 38.6 Å². The Kier molecular flexibility index (Phi) is 3.96. The summed E-state index contributed by atoms with van der Waals surface area (Å²) in [5, 5.41) is 1.09. The molecule has 144 valence electrons. The number of benzene rings is 4. The van der Waals surface area contributed by atoms with Gasteiger partial charge in [-0.05, 0) is 70.1 Å². The number of fused-ring (bicyclic) bond motifs is 4. The summed E-state index contributed by atoms with van der Waals surface area (Å²) in [6.07, 6.45) is 0.966. The van der Waals surface area contributed by atoms with E-state index in [2.05, 4.69) is 66.7 Å². The lowest BCUT2D eigenvalue weighted by Gasteiger charge is -2.07. The number of ether oxygens (including phenoxy) is 1. The average molecular weight is 406 g/mol. The highest BCUT2D eigenvalue weighted by Crippen LogP contribution is 2.41. The summed E-state index contributed by atoms with van der Waals surface area (Å²) in [7, 11) is 1.70. The molecule has 3 heteroatoms. The molecule has 2 nitrogen and oxygen atoms in total. The number of rotatable bonds is 3. The second kappa shape index (κ2) is 6.82. The topological polar surface area (TPSA) is 22.1 Å². The lowest BCUT2D eigenvalue weighted by atomic mass is 9.99. The number of hydrogen-bond acceptors (Lipinski definition) is 3. The third kappa shape index (κ3) is 2.82. The fourth-order valence-corrected chi connectivity index (χ4v) is 5.26. The molecule has 1 aliphatic rings. The molecule has 30 heavy (non-hydrogen) atoms. The van der Waals surface area contributed by atoms with Gasteiger partial charge >= 0.3 is 0 Å². The predicted molar refractivity (Wildman–Crippen MR) is 125 cm³/mol. The van der Waals surface area contributed by atoms with Gasteiger partial charge in [0.2, 0.25) is 0 Å². The van der Waals surface area contributed by atoms with Crippen molar-refractivity contribution in [3.63, 3.8) is 0 Å². The number of thiazole rings is 1. The Morgan fingerprint density at radius 3 is 2.13 bits per heavy atom. The van der Waals surface area contributed by atoms with E-state index in [1.54, 1.807) is 18.4 Å². The number of aromatic nitrogens is 1. The number of nitrogens with zero attached hydrogens (tertiary/aromatic N) is 1. The molecule has 0 spiro atoms. The van der Waals surface area contributed by atoms with Gasteiger partial charge in [-0.1, -0.05) is 54.6 Å². The van der Waals surface area contributed by atoms with E-state index in [-0.39, 0.29) is 0 Å². The van der Waals surface area contributed by atoms with E-state index in [1.165, 1.54) is 43.6 Å². The van der Waals surface area contributed by atoms with Gasteiger partial charge < -0.3 is 4.74 Å². The SMILES string of the molecule is COc1ccc(-c2ccc3c(c2)Cc2cc(-c4nc5ccccc5s4)ccc2-3)cc1. The summed E-state index contributed by atoms with van der Waals surface area (Å²) in [6.45, 7) is 0. The third-order valence-electron chi connectivity index (χ3n) is 5.85. The van der Waals surface area contributed by atoms with Gasteiger partial charge in [0.05, 0.1) is 17.3 Å². The quantitative estimate of drug-likeness (QED) is 0.310. The van der Waals surface area contributed by atoms with Crippen molar-refractivity contribution >= 4 is 21.6 Å². The lowest BCUT2D eigenvalue weighted by molar-refractivity contribution is 0.415. The molecule has 0 unspecified atom stereocenters. The molecule has 0 amide bonds. The Morgan fingerprint density at radius 1 is 0.733 bits per heavy atom. The Balaban J connectivity index is 1.35. The van der Waals surface area contributed by atoms with Crippen molar-refractivity contribution in [2.75, 3.05) is 7.11 Å². The van der Waals surface area contributed by atoms with Crippen LogP contribution in [0.1, 0.15) is 11.1 Å². The minimum absolute atomic E-state index is 0.884. The van der Waals surface area contributed by atoms with Crippen LogP contribution in [0.3, 0.4) is 0 Å². The molecule has 6 rings (SSSR count). The third-order valence-corrected chi connectivity index (χ3v) is 6.93. The first-order valence-electron chi connectivity index (χ1n) is 10.0. The Morgan fingerprint density at radius 2 is 1.40 bits per heavy atom. The van der Waals surface area contributed by atoms with Gasteiger partial charge in [-0.3, -0.25) is 0 Å². The van der Waals surface area contributed by atoms with Crippen molar-refractivity contribution < 1.29 is 4.74 Å². The minimum atomic E-state index is 0.884. The van der Waals surface area contributed by atoms with Crippen molar-refractivity contribution in [3.05, 3.63) is 96.1 Å². The molecule has 0 bridgehead atoms. The van der Waals surface area contributed by atoms with Gasteiger partial charge in [-0.25, -0.2) is 4.98 Å². The second-order valence-corrected chi connectivity index (χ2v) is 8.67. The average Bonchev–Trinajstić information content (AvgIpc) is 3.39. The molecule has 0 aliphatic heterocycles. The molecule has 0 fully saturated rings. The summed E-state index contributed by atoms with van der Waals surface area (Å²) in [5.41, 5.74) is 10.2. The van der Waals surface area contributed by atoms with Gasteiger partial charge in [0.15, 0.2) is 0 Å². The highest BCUT2D eigenvalue weighted by molar-refractivity contribution is 7.21. The van der Waals surface area contributed by atoms with E-state index in [1.807, 2.05) is 18.2 Å². The Bertz CT molecular complexity index is 1370. The lowest BCUT2D eigenvalue weighted by Crippen LogP contribution is -1.85. The standard InChI is InChI=1S/C27H19NOS/c1-29-22-10-6-17(7-11-22)18-8-12-23-20(14-18)16-21-15-19(9-13-24(21)23)27-28-25-4-2-3-5-26(25)30-27/h2-15H,16H2,1H3. The fraction of sp³-hybridized carbons (Fsp3) is 0.0741. The van der Waals surface area contributed by atoms with Crippen LogP contribution in [0.4, 0.5) is 0 Å². The minimum Gasteiger partial charge on any atom is -0.497 e. The summed E-state index contributed by atoms with van der Waals surface area (Å²) in [6, 6.07) is 30.2. The fourth-order valence-electron chi connectivity index (χ4n) is 4.30. The van der Waals surface area contributed by atoms with Crippen molar-refractivity contribution in [2.24, 2.45) is 0 Å². The number of para-hydroxylation sites is 1. The van der Waals surface area contributed by atoms with Gasteiger partial charge in [-0.2, -0.15) is 0 Å². The summed E-state index contributed by atoms with van der Waals surface area (Å²) < 4.78 is 6.52. The molecule has 1 aliphatic carbocycles. The first-order chi connectivity index (χ1) is 14.8. The summed E-state index contributed by atoms with van der Waals surface area (Å²) >= 11 is 1.76. The van der Waals surface area contributed by atoms with Gasteiger partial charge in [-0.15, -0.1) is 11.3 Å². The normalized spacial score (nSPS) is 12.0. The van der Waals surface area contributed by atoms with E-state index >= 15 is 0 Å². The monoisotopic (exact) mass is 405 g/mol. The molecule has 4 aromatic carbocycles. The highest BCUT2D eigenvalue weighted by Gasteiger charge is 2.20. The Hall–Kier alpha value is -3.43. The molecule has 0 saturated heterocycles. The zero-order chi connectivity index (χ0) is 20.1. The maximum Gasteiger partial charge on any atom is 0.124 e. The van der Waals surface area contributed by atoms with E-state index in [4.69, 9.17) is 9.72 Å². The van der Waals surface area contributed by atoms with Crippen LogP contribution in [0.5, 0.6) is 5.75 Å². The largest absolute Gasteiger partial charge is 0.497 e. The van der Waals surface area contributed by atoms with Gasteiger partial charge in [0.25, 0.3) is 0 Å². The maximum atomic E-state index is 5.28. The summed E-state index contributed by atoms with van der Waals surface area (Å²) in [4.78, 5) is 4.83. The number of methoxy groups -OCH3 is 1. The molecule has 1 heterocycles. The van der Waals surface area contributed by atoms with Crippen molar-refractivity contribution in [2.45, 2.75) is 6.42 Å². The van der Waals surface area contributed by atoms with Crippen LogP contribution in [0.15, 0.2) is 84.9 Å². The number of hydrogen-bond donors (Lipinski definition) is 0. The summed E-state index contributed by atoms with van der Waals surface area (Å²) in [5.74, 6) is 0.884. The zero-order valence-corrected chi connectivity index (χ0v) is 17.4. The Labute approximate surface area is 179 Å². The maximum absolute atomic E-state index is 5.28. The first-order valence-corrected chi connectivity index (χ1v) is 10.9. The van der Waals surface area contributed by atoms with Crippen LogP contribution in [0.25, 0.3) is 43.0 Å². The molecule has 0 atom stereocenters.